The van der Waals surface area contributed by atoms with Gasteiger partial charge in [-0.3, -0.25) is 4.90 Å². The molecule has 0 amide bonds. The highest BCUT2D eigenvalue weighted by molar-refractivity contribution is 7.09. The normalized spacial score (nSPS) is 23.6. The number of rotatable bonds is 6. The van der Waals surface area contributed by atoms with Crippen LogP contribution in [0, 0.1) is 0 Å². The van der Waals surface area contributed by atoms with Gasteiger partial charge in [0.05, 0.1) is 5.71 Å². The Morgan fingerprint density at radius 3 is 2.96 bits per heavy atom. The Kier molecular flexibility index (Phi) is 5.90. The summed E-state index contributed by atoms with van der Waals surface area (Å²) in [6, 6.07) is 5.08. The van der Waals surface area contributed by atoms with Crippen molar-refractivity contribution in [1.29, 1.82) is 0 Å². The van der Waals surface area contributed by atoms with Crippen molar-refractivity contribution < 1.29 is 5.21 Å². The zero-order valence-corrected chi connectivity index (χ0v) is 14.9. The van der Waals surface area contributed by atoms with E-state index in [1.807, 2.05) is 11.3 Å². The summed E-state index contributed by atoms with van der Waals surface area (Å²) in [6.45, 7) is 4.64. The minimum absolute atomic E-state index is 0.673. The quantitative estimate of drug-likeness (QED) is 0.596. The fourth-order valence-corrected chi connectivity index (χ4v) is 4.81. The van der Waals surface area contributed by atoms with Crippen LogP contribution in [0.1, 0.15) is 56.7 Å². The monoisotopic (exact) mass is 332 g/mol. The molecule has 0 saturated carbocycles. The maximum atomic E-state index is 9.22. The van der Waals surface area contributed by atoms with Gasteiger partial charge in [0.25, 0.3) is 0 Å². The molecule has 4 heteroatoms. The van der Waals surface area contributed by atoms with Gasteiger partial charge in [-0.25, -0.2) is 0 Å². The second-order valence-electron chi connectivity index (χ2n) is 6.74. The Morgan fingerprint density at radius 2 is 2.22 bits per heavy atom. The van der Waals surface area contributed by atoms with E-state index in [0.717, 1.165) is 25.0 Å². The van der Waals surface area contributed by atoms with Gasteiger partial charge in [0.2, 0.25) is 0 Å². The predicted molar refractivity (Wildman–Crippen MR) is 97.6 cm³/mol. The molecule has 0 aromatic carbocycles. The Balaban J connectivity index is 1.65. The second-order valence-corrected chi connectivity index (χ2v) is 7.78. The van der Waals surface area contributed by atoms with Gasteiger partial charge >= 0.3 is 0 Å². The molecule has 0 spiro atoms. The molecule has 2 aliphatic carbocycles. The lowest BCUT2D eigenvalue weighted by atomic mass is 9.78. The van der Waals surface area contributed by atoms with E-state index < -0.39 is 0 Å². The molecule has 1 heterocycles. The number of oxime groups is 1. The van der Waals surface area contributed by atoms with Crippen LogP contribution in [-0.2, 0) is 6.42 Å². The molecule has 0 aliphatic heterocycles. The standard InChI is InChI=1S/C19H28N2OS/c1-2-11-21(12-10-17-6-4-13-23-17)16-8-9-18-15(14-16)5-3-7-19(18)20-22/h4,6,13,16,22H,2-3,5,7-12,14H2,1H3/b20-19+. The van der Waals surface area contributed by atoms with E-state index in [1.54, 1.807) is 5.57 Å². The molecule has 126 valence electrons. The lowest BCUT2D eigenvalue weighted by molar-refractivity contribution is 0.181. The van der Waals surface area contributed by atoms with Crippen LogP contribution >= 0.6 is 11.3 Å². The summed E-state index contributed by atoms with van der Waals surface area (Å²) in [6.07, 6.45) is 9.18. The summed E-state index contributed by atoms with van der Waals surface area (Å²) < 4.78 is 0. The first-order valence-corrected chi connectivity index (χ1v) is 9.88. The molecular formula is C19H28N2OS. The summed E-state index contributed by atoms with van der Waals surface area (Å²) >= 11 is 1.87. The Hall–Kier alpha value is -1.13. The van der Waals surface area contributed by atoms with Gasteiger partial charge < -0.3 is 5.21 Å². The Morgan fingerprint density at radius 1 is 1.30 bits per heavy atom. The summed E-state index contributed by atoms with van der Waals surface area (Å²) in [7, 11) is 0. The highest BCUT2D eigenvalue weighted by Gasteiger charge is 2.29. The van der Waals surface area contributed by atoms with Crippen molar-refractivity contribution in [2.45, 2.75) is 64.3 Å². The summed E-state index contributed by atoms with van der Waals surface area (Å²) in [5.41, 5.74) is 3.91. The van der Waals surface area contributed by atoms with Gasteiger partial charge in [-0.05, 0) is 74.9 Å². The van der Waals surface area contributed by atoms with E-state index in [0.29, 0.717) is 6.04 Å². The lowest BCUT2D eigenvalue weighted by Crippen LogP contribution is -2.40. The van der Waals surface area contributed by atoms with E-state index >= 15 is 0 Å². The predicted octanol–water partition coefficient (Wildman–Crippen LogP) is 4.87. The molecule has 1 atom stereocenters. The molecule has 1 N–H and O–H groups in total. The van der Waals surface area contributed by atoms with Gasteiger partial charge in [-0.1, -0.05) is 23.7 Å². The van der Waals surface area contributed by atoms with Gasteiger partial charge in [-0.15, -0.1) is 11.3 Å². The second kappa shape index (κ2) is 8.11. The maximum absolute atomic E-state index is 9.22. The maximum Gasteiger partial charge on any atom is 0.0827 e. The number of allylic oxidation sites excluding steroid dienone is 1. The molecule has 0 radical (unpaired) electrons. The number of thiophene rings is 1. The van der Waals surface area contributed by atoms with E-state index in [2.05, 4.69) is 34.5 Å². The van der Waals surface area contributed by atoms with Crippen LogP contribution in [0.3, 0.4) is 0 Å². The summed E-state index contributed by atoms with van der Waals surface area (Å²) in [5, 5.41) is 15.0. The topological polar surface area (TPSA) is 35.8 Å². The Bertz CT molecular complexity index is 562. The molecule has 3 nitrogen and oxygen atoms in total. The minimum Gasteiger partial charge on any atom is -0.411 e. The zero-order valence-electron chi connectivity index (χ0n) is 14.1. The fraction of sp³-hybridized carbons (Fsp3) is 0.632. The molecule has 1 aromatic rings. The van der Waals surface area contributed by atoms with Gasteiger partial charge in [0, 0.05) is 17.5 Å². The first-order chi connectivity index (χ1) is 11.3. The first-order valence-electron chi connectivity index (χ1n) is 9.00. The Labute approximate surface area is 143 Å². The number of nitrogens with zero attached hydrogens (tertiary/aromatic N) is 2. The smallest absolute Gasteiger partial charge is 0.0827 e. The van der Waals surface area contributed by atoms with Crippen molar-refractivity contribution in [3.8, 4) is 0 Å². The molecule has 0 bridgehead atoms. The first kappa shape index (κ1) is 16.7. The van der Waals surface area contributed by atoms with Gasteiger partial charge in [-0.2, -0.15) is 0 Å². The molecule has 1 unspecified atom stereocenters. The van der Waals surface area contributed by atoms with Crippen molar-refractivity contribution >= 4 is 17.0 Å². The molecule has 1 aromatic heterocycles. The molecule has 0 fully saturated rings. The average Bonchev–Trinajstić information content (AvgIpc) is 3.11. The van der Waals surface area contributed by atoms with Crippen molar-refractivity contribution in [3.63, 3.8) is 0 Å². The fourth-order valence-electron chi connectivity index (χ4n) is 4.11. The van der Waals surface area contributed by atoms with E-state index in [9.17, 15) is 5.21 Å². The largest absolute Gasteiger partial charge is 0.411 e. The van der Waals surface area contributed by atoms with Crippen molar-refractivity contribution in [3.05, 3.63) is 33.5 Å². The van der Waals surface area contributed by atoms with E-state index in [4.69, 9.17) is 0 Å². The van der Waals surface area contributed by atoms with Crippen LogP contribution in [0.25, 0.3) is 0 Å². The molecule has 0 saturated heterocycles. The van der Waals surface area contributed by atoms with Crippen LogP contribution in [-0.4, -0.2) is 35.0 Å². The van der Waals surface area contributed by atoms with Crippen molar-refractivity contribution in [1.82, 2.24) is 4.90 Å². The van der Waals surface area contributed by atoms with E-state index in [-0.39, 0.29) is 0 Å². The van der Waals surface area contributed by atoms with Gasteiger partial charge in [0.15, 0.2) is 0 Å². The third-order valence-electron chi connectivity index (χ3n) is 5.25. The zero-order chi connectivity index (χ0) is 16.1. The molecule has 3 rings (SSSR count). The van der Waals surface area contributed by atoms with Crippen LogP contribution < -0.4 is 0 Å². The molecule has 23 heavy (non-hydrogen) atoms. The van der Waals surface area contributed by atoms with Gasteiger partial charge in [0.1, 0.15) is 0 Å². The van der Waals surface area contributed by atoms with Crippen LogP contribution in [0.2, 0.25) is 0 Å². The summed E-state index contributed by atoms with van der Waals surface area (Å²) in [5.74, 6) is 0. The van der Waals surface area contributed by atoms with E-state index in [1.165, 1.54) is 55.6 Å². The lowest BCUT2D eigenvalue weighted by Gasteiger charge is -2.37. The molecular weight excluding hydrogens is 304 g/mol. The number of hydrogen-bond acceptors (Lipinski definition) is 4. The summed E-state index contributed by atoms with van der Waals surface area (Å²) in [4.78, 5) is 4.20. The van der Waals surface area contributed by atoms with Crippen LogP contribution in [0.15, 0.2) is 33.8 Å². The SMILES string of the molecule is CCCN(CCc1cccs1)C1CCC2=C(CCC/C2=N\O)C1. The number of hydrogen-bond donors (Lipinski definition) is 1. The van der Waals surface area contributed by atoms with Crippen LogP contribution in [0.4, 0.5) is 0 Å². The van der Waals surface area contributed by atoms with Crippen LogP contribution in [0.5, 0.6) is 0 Å². The third-order valence-corrected chi connectivity index (χ3v) is 6.19. The minimum atomic E-state index is 0.673. The highest BCUT2D eigenvalue weighted by atomic mass is 32.1. The third kappa shape index (κ3) is 4.04. The highest BCUT2D eigenvalue weighted by Crippen LogP contribution is 2.36. The molecule has 2 aliphatic rings. The van der Waals surface area contributed by atoms with Crippen molar-refractivity contribution in [2.75, 3.05) is 13.1 Å². The van der Waals surface area contributed by atoms with Crippen molar-refractivity contribution in [2.24, 2.45) is 5.16 Å². The average molecular weight is 333 g/mol.